The smallest absolute Gasteiger partial charge is 0.120 e. The first-order valence-electron chi connectivity index (χ1n) is 7.28. The van der Waals surface area contributed by atoms with Crippen molar-refractivity contribution in [2.24, 2.45) is 0 Å². The monoisotopic (exact) mass is 259 g/mol. The van der Waals surface area contributed by atoms with Gasteiger partial charge in [0.05, 0.1) is 6.10 Å². The van der Waals surface area contributed by atoms with Crippen molar-refractivity contribution in [3.63, 3.8) is 0 Å². The fraction of sp³-hybridized carbons (Fsp3) is 0.529. The second-order valence-electron chi connectivity index (χ2n) is 5.57. The van der Waals surface area contributed by atoms with Gasteiger partial charge in [0.15, 0.2) is 0 Å². The van der Waals surface area contributed by atoms with Crippen LogP contribution in [0.25, 0.3) is 5.57 Å². The average Bonchev–Trinajstić information content (AvgIpc) is 2.38. The van der Waals surface area contributed by atoms with E-state index in [0.717, 1.165) is 25.3 Å². The molecule has 1 heterocycles. The van der Waals surface area contributed by atoms with E-state index in [-0.39, 0.29) is 6.10 Å². The van der Waals surface area contributed by atoms with Crippen LogP contribution in [0.2, 0.25) is 0 Å². The highest BCUT2D eigenvalue weighted by molar-refractivity contribution is 5.70. The second-order valence-corrected chi connectivity index (χ2v) is 5.57. The zero-order chi connectivity index (χ0) is 13.8. The van der Waals surface area contributed by atoms with Crippen LogP contribution in [-0.2, 0) is 0 Å². The lowest BCUT2D eigenvalue weighted by Crippen LogP contribution is -2.30. The fourth-order valence-electron chi connectivity index (χ4n) is 2.68. The van der Waals surface area contributed by atoms with Crippen LogP contribution in [0.4, 0.5) is 0 Å². The SMILES string of the molecule is CCN1CCC(c2cccc(OC(C)C)c2)=C(C)C1. The lowest BCUT2D eigenvalue weighted by atomic mass is 9.94. The molecule has 104 valence electrons. The van der Waals surface area contributed by atoms with E-state index < -0.39 is 0 Å². The Bertz CT molecular complexity index is 462. The molecule has 0 aromatic heterocycles. The third kappa shape index (κ3) is 3.60. The van der Waals surface area contributed by atoms with Crippen LogP contribution in [0.3, 0.4) is 0 Å². The first-order chi connectivity index (χ1) is 9.10. The van der Waals surface area contributed by atoms with E-state index in [1.54, 1.807) is 0 Å². The standard InChI is InChI=1S/C17H25NO/c1-5-18-10-9-17(14(4)12-18)15-7-6-8-16(11-15)19-13(2)3/h6-8,11,13H,5,9-10,12H2,1-4H3. The number of likely N-dealkylation sites (N-methyl/N-ethyl adjacent to an activating group) is 1. The molecule has 0 aliphatic carbocycles. The predicted octanol–water partition coefficient (Wildman–Crippen LogP) is 3.97. The first kappa shape index (κ1) is 14.1. The maximum atomic E-state index is 5.79. The normalized spacial score (nSPS) is 17.1. The van der Waals surface area contributed by atoms with E-state index >= 15 is 0 Å². The first-order valence-corrected chi connectivity index (χ1v) is 7.28. The molecule has 0 unspecified atom stereocenters. The summed E-state index contributed by atoms with van der Waals surface area (Å²) in [6, 6.07) is 8.52. The zero-order valence-electron chi connectivity index (χ0n) is 12.6. The van der Waals surface area contributed by atoms with Crippen molar-refractivity contribution in [1.82, 2.24) is 4.90 Å². The molecule has 1 aromatic carbocycles. The molecule has 1 aromatic rings. The topological polar surface area (TPSA) is 12.5 Å². The Balaban J connectivity index is 2.22. The number of hydrogen-bond acceptors (Lipinski definition) is 2. The quantitative estimate of drug-likeness (QED) is 0.811. The number of benzene rings is 1. The van der Waals surface area contributed by atoms with E-state index in [4.69, 9.17) is 4.74 Å². The van der Waals surface area contributed by atoms with Crippen LogP contribution in [-0.4, -0.2) is 30.6 Å². The highest BCUT2D eigenvalue weighted by Gasteiger charge is 2.16. The lowest BCUT2D eigenvalue weighted by Gasteiger charge is -2.29. The van der Waals surface area contributed by atoms with Gasteiger partial charge in [0.1, 0.15) is 5.75 Å². The molecule has 1 aliphatic heterocycles. The molecule has 0 N–H and O–H groups in total. The third-order valence-corrected chi connectivity index (χ3v) is 3.66. The van der Waals surface area contributed by atoms with Crippen molar-refractivity contribution >= 4 is 5.57 Å². The molecule has 0 amide bonds. The molecule has 0 bridgehead atoms. The third-order valence-electron chi connectivity index (χ3n) is 3.66. The molecule has 2 nitrogen and oxygen atoms in total. The largest absolute Gasteiger partial charge is 0.491 e. The highest BCUT2D eigenvalue weighted by Crippen LogP contribution is 2.29. The van der Waals surface area contributed by atoms with E-state index in [1.165, 1.54) is 23.3 Å². The minimum atomic E-state index is 0.229. The summed E-state index contributed by atoms with van der Waals surface area (Å²) in [5.74, 6) is 0.978. The van der Waals surface area contributed by atoms with Gasteiger partial charge in [-0.25, -0.2) is 0 Å². The predicted molar refractivity (Wildman–Crippen MR) is 81.5 cm³/mol. The van der Waals surface area contributed by atoms with E-state index in [2.05, 4.69) is 50.8 Å². The number of rotatable bonds is 4. The average molecular weight is 259 g/mol. The molecule has 0 fully saturated rings. The maximum Gasteiger partial charge on any atom is 0.120 e. The van der Waals surface area contributed by atoms with Gasteiger partial charge in [-0.15, -0.1) is 0 Å². The van der Waals surface area contributed by atoms with Crippen LogP contribution >= 0.6 is 0 Å². The van der Waals surface area contributed by atoms with Crippen molar-refractivity contribution < 1.29 is 4.74 Å². The van der Waals surface area contributed by atoms with Gasteiger partial charge in [0.25, 0.3) is 0 Å². The van der Waals surface area contributed by atoms with E-state index in [9.17, 15) is 0 Å². The molecule has 19 heavy (non-hydrogen) atoms. The van der Waals surface area contributed by atoms with Crippen molar-refractivity contribution in [2.45, 2.75) is 40.2 Å². The second kappa shape index (κ2) is 6.25. The summed E-state index contributed by atoms with van der Waals surface area (Å²) in [4.78, 5) is 2.49. The van der Waals surface area contributed by atoms with Gasteiger partial charge in [0, 0.05) is 13.1 Å². The Morgan fingerprint density at radius 2 is 2.11 bits per heavy atom. The fourth-order valence-corrected chi connectivity index (χ4v) is 2.68. The molecule has 0 radical (unpaired) electrons. The summed E-state index contributed by atoms with van der Waals surface area (Å²) in [5.41, 5.74) is 4.32. The Morgan fingerprint density at radius 3 is 2.74 bits per heavy atom. The van der Waals surface area contributed by atoms with Gasteiger partial charge >= 0.3 is 0 Å². The van der Waals surface area contributed by atoms with Crippen molar-refractivity contribution in [2.75, 3.05) is 19.6 Å². The number of ether oxygens (including phenoxy) is 1. The molecular formula is C17H25NO. The summed E-state index contributed by atoms with van der Waals surface area (Å²) in [7, 11) is 0. The molecule has 0 spiro atoms. The van der Waals surface area contributed by atoms with Gasteiger partial charge < -0.3 is 4.74 Å². The van der Waals surface area contributed by atoms with Crippen LogP contribution < -0.4 is 4.74 Å². The van der Waals surface area contributed by atoms with Gasteiger partial charge in [-0.1, -0.05) is 24.6 Å². The van der Waals surface area contributed by atoms with Crippen molar-refractivity contribution in [1.29, 1.82) is 0 Å². The van der Waals surface area contributed by atoms with Crippen LogP contribution in [0, 0.1) is 0 Å². The molecule has 1 aliphatic rings. The van der Waals surface area contributed by atoms with Gasteiger partial charge in [0.2, 0.25) is 0 Å². The van der Waals surface area contributed by atoms with Crippen LogP contribution in [0.1, 0.15) is 39.7 Å². The minimum Gasteiger partial charge on any atom is -0.491 e. The molecule has 0 saturated heterocycles. The van der Waals surface area contributed by atoms with Crippen LogP contribution in [0.5, 0.6) is 5.75 Å². The molecular weight excluding hydrogens is 234 g/mol. The van der Waals surface area contributed by atoms with E-state index in [0.29, 0.717) is 0 Å². The van der Waals surface area contributed by atoms with Gasteiger partial charge in [-0.05, 0) is 57.0 Å². The maximum absolute atomic E-state index is 5.79. The molecule has 2 rings (SSSR count). The molecule has 2 heteroatoms. The van der Waals surface area contributed by atoms with Crippen molar-refractivity contribution in [3.05, 3.63) is 35.4 Å². The zero-order valence-corrected chi connectivity index (χ0v) is 12.6. The summed E-state index contributed by atoms with van der Waals surface area (Å²) in [6.45, 7) is 12.0. The van der Waals surface area contributed by atoms with Crippen LogP contribution in [0.15, 0.2) is 29.8 Å². The van der Waals surface area contributed by atoms with Crippen molar-refractivity contribution in [3.8, 4) is 5.75 Å². The summed E-state index contributed by atoms with van der Waals surface area (Å²) < 4.78 is 5.79. The Hall–Kier alpha value is -1.28. The number of hydrogen-bond donors (Lipinski definition) is 0. The summed E-state index contributed by atoms with van der Waals surface area (Å²) >= 11 is 0. The summed E-state index contributed by atoms with van der Waals surface area (Å²) in [5, 5.41) is 0. The van der Waals surface area contributed by atoms with E-state index in [1.807, 2.05) is 6.07 Å². The Labute approximate surface area is 117 Å². The van der Waals surface area contributed by atoms with Gasteiger partial charge in [-0.2, -0.15) is 0 Å². The Kier molecular flexibility index (Phi) is 4.65. The lowest BCUT2D eigenvalue weighted by molar-refractivity contribution is 0.242. The molecule has 0 atom stereocenters. The minimum absolute atomic E-state index is 0.229. The molecule has 0 saturated carbocycles. The number of nitrogens with zero attached hydrogens (tertiary/aromatic N) is 1. The Morgan fingerprint density at radius 1 is 1.32 bits per heavy atom. The highest BCUT2D eigenvalue weighted by atomic mass is 16.5. The van der Waals surface area contributed by atoms with Gasteiger partial charge in [-0.3, -0.25) is 4.90 Å². The summed E-state index contributed by atoms with van der Waals surface area (Å²) in [6.07, 6.45) is 1.37.